The average molecular weight is 464 g/mol. The smallest absolute Gasteiger partial charge is 0.407 e. The van der Waals surface area contributed by atoms with E-state index in [4.69, 9.17) is 4.98 Å². The number of amides is 1. The number of aromatic nitrogens is 4. The van der Waals surface area contributed by atoms with Crippen LogP contribution < -0.4 is 0 Å². The summed E-state index contributed by atoms with van der Waals surface area (Å²) in [4.78, 5) is 29.8. The Morgan fingerprint density at radius 3 is 2.67 bits per heavy atom. The fourth-order valence-corrected chi connectivity index (χ4v) is 4.23. The first-order valence-corrected chi connectivity index (χ1v) is 10.5. The van der Waals surface area contributed by atoms with Crippen LogP contribution in [0.5, 0.6) is 0 Å². The van der Waals surface area contributed by atoms with Gasteiger partial charge in [-0.15, -0.1) is 0 Å². The van der Waals surface area contributed by atoms with Gasteiger partial charge in [0.2, 0.25) is 0 Å². The number of benzene rings is 2. The van der Waals surface area contributed by atoms with E-state index in [0.717, 1.165) is 50.9 Å². The van der Waals surface area contributed by atoms with Crippen LogP contribution in [-0.2, 0) is 0 Å². The Morgan fingerprint density at radius 1 is 1.07 bits per heavy atom. The number of H-pyrrole nitrogens is 1. The molecule has 4 aromatic rings. The predicted octanol–water partition coefficient (Wildman–Crippen LogP) is 5.26. The zero-order chi connectivity index (χ0) is 20.7. The maximum Gasteiger partial charge on any atom is 0.407 e. The first-order valence-electron chi connectivity index (χ1n) is 9.66. The summed E-state index contributed by atoms with van der Waals surface area (Å²) >= 11 is 3.45. The van der Waals surface area contributed by atoms with Crippen molar-refractivity contribution >= 4 is 33.1 Å². The van der Waals surface area contributed by atoms with Crippen LogP contribution in [-0.4, -0.2) is 42.6 Å². The van der Waals surface area contributed by atoms with E-state index in [1.165, 1.54) is 4.90 Å². The Hall–Kier alpha value is -3.26. The van der Waals surface area contributed by atoms with Gasteiger partial charge < -0.3 is 10.1 Å². The highest BCUT2D eigenvalue weighted by Crippen LogP contribution is 2.32. The summed E-state index contributed by atoms with van der Waals surface area (Å²) in [5, 5.41) is 9.36. The summed E-state index contributed by atoms with van der Waals surface area (Å²) in [6, 6.07) is 13.7. The van der Waals surface area contributed by atoms with Gasteiger partial charge in [-0.3, -0.25) is 9.88 Å². The number of nitrogens with one attached hydrogen (secondary N) is 1. The number of fused-ring (bicyclic) bond motifs is 1. The molecule has 2 aromatic carbocycles. The average Bonchev–Trinajstić information content (AvgIpc) is 3.43. The second-order valence-corrected chi connectivity index (χ2v) is 8.20. The van der Waals surface area contributed by atoms with Crippen molar-refractivity contribution in [2.75, 3.05) is 6.54 Å². The first-order chi connectivity index (χ1) is 14.6. The molecule has 30 heavy (non-hydrogen) atoms. The molecule has 0 unspecified atom stereocenters. The summed E-state index contributed by atoms with van der Waals surface area (Å²) in [6.07, 6.45) is 4.28. The van der Waals surface area contributed by atoms with Gasteiger partial charge in [-0.1, -0.05) is 40.2 Å². The first kappa shape index (κ1) is 18.7. The van der Waals surface area contributed by atoms with Crippen LogP contribution in [0.25, 0.3) is 33.5 Å². The summed E-state index contributed by atoms with van der Waals surface area (Å²) < 4.78 is 0.976. The highest BCUT2D eigenvalue weighted by molar-refractivity contribution is 9.10. The monoisotopic (exact) mass is 463 g/mol. The lowest BCUT2D eigenvalue weighted by Gasteiger charge is -2.19. The predicted molar refractivity (Wildman–Crippen MR) is 117 cm³/mol. The normalized spacial score (nSPS) is 16.3. The maximum atomic E-state index is 11.4. The molecule has 7 nitrogen and oxygen atoms in total. The second-order valence-electron chi connectivity index (χ2n) is 7.28. The van der Waals surface area contributed by atoms with Crippen molar-refractivity contribution in [2.24, 2.45) is 0 Å². The van der Waals surface area contributed by atoms with Crippen molar-refractivity contribution in [3.8, 4) is 22.5 Å². The lowest BCUT2D eigenvalue weighted by Crippen LogP contribution is -2.29. The van der Waals surface area contributed by atoms with E-state index in [2.05, 4.69) is 30.9 Å². The molecule has 1 aliphatic heterocycles. The minimum Gasteiger partial charge on any atom is -0.465 e. The van der Waals surface area contributed by atoms with Crippen molar-refractivity contribution in [3.63, 3.8) is 0 Å². The van der Waals surface area contributed by atoms with E-state index in [9.17, 15) is 9.90 Å². The molecule has 1 aliphatic rings. The summed E-state index contributed by atoms with van der Waals surface area (Å²) in [5.41, 5.74) is 5.32. The van der Waals surface area contributed by atoms with Crippen LogP contribution in [0.4, 0.5) is 4.79 Å². The number of likely N-dealkylation sites (tertiary alicyclic amines) is 1. The molecule has 1 fully saturated rings. The number of rotatable bonds is 3. The molecule has 0 saturated carbocycles. The molecule has 1 saturated heterocycles. The molecule has 8 heteroatoms. The molecule has 0 bridgehead atoms. The molecule has 150 valence electrons. The molecule has 1 atom stereocenters. The van der Waals surface area contributed by atoms with Crippen molar-refractivity contribution in [2.45, 2.75) is 18.9 Å². The van der Waals surface area contributed by atoms with Gasteiger partial charge in [0.15, 0.2) is 0 Å². The fourth-order valence-electron chi connectivity index (χ4n) is 3.88. The Bertz CT molecular complexity index is 1240. The molecular weight excluding hydrogens is 446 g/mol. The van der Waals surface area contributed by atoms with Crippen molar-refractivity contribution < 1.29 is 9.90 Å². The van der Waals surface area contributed by atoms with Crippen LogP contribution in [0.15, 0.2) is 59.3 Å². The number of hydrogen-bond acceptors (Lipinski definition) is 4. The number of halogens is 1. The molecule has 5 rings (SSSR count). The third-order valence-corrected chi connectivity index (χ3v) is 5.90. The Kier molecular flexibility index (Phi) is 4.71. The van der Waals surface area contributed by atoms with Crippen LogP contribution in [0.1, 0.15) is 24.7 Å². The van der Waals surface area contributed by atoms with Crippen molar-refractivity contribution in [3.05, 3.63) is 65.2 Å². The van der Waals surface area contributed by atoms with E-state index in [0.29, 0.717) is 12.4 Å². The molecular formula is C22H18BrN5O2. The van der Waals surface area contributed by atoms with Gasteiger partial charge in [-0.05, 0) is 36.6 Å². The number of imidazole rings is 1. The SMILES string of the molecule is O=C(O)N1CCC[C@H]1c1ncc(-c2ccc(-c3cnc4cc(Br)ccc4n3)cc2)[nH]1. The Balaban J connectivity index is 1.40. The number of carboxylic acid groups (broad SMARTS) is 1. The largest absolute Gasteiger partial charge is 0.465 e. The van der Waals surface area contributed by atoms with E-state index in [-0.39, 0.29) is 6.04 Å². The maximum absolute atomic E-state index is 11.4. The minimum absolute atomic E-state index is 0.205. The van der Waals surface area contributed by atoms with Crippen LogP contribution in [0.3, 0.4) is 0 Å². The lowest BCUT2D eigenvalue weighted by molar-refractivity contribution is 0.139. The fraction of sp³-hybridized carbons (Fsp3) is 0.182. The molecule has 1 amide bonds. The third kappa shape index (κ3) is 3.43. The standard InChI is InChI=1S/C22H18BrN5O2/c23-15-7-8-16-17(10-15)24-11-18(26-16)13-3-5-14(6-4-13)19-12-25-21(27-19)20-2-1-9-28(20)22(29)30/h3-8,10-12,20H,1-2,9H2,(H,25,27)(H,29,30)/t20-/m0/s1. The van der Waals surface area contributed by atoms with Crippen molar-refractivity contribution in [1.82, 2.24) is 24.8 Å². The van der Waals surface area contributed by atoms with Crippen LogP contribution in [0, 0.1) is 0 Å². The highest BCUT2D eigenvalue weighted by atomic mass is 79.9. The third-order valence-electron chi connectivity index (χ3n) is 5.41. The number of hydrogen-bond donors (Lipinski definition) is 2. The Labute approximate surface area is 180 Å². The summed E-state index contributed by atoms with van der Waals surface area (Å²) in [6.45, 7) is 0.550. The lowest BCUT2D eigenvalue weighted by atomic mass is 10.1. The molecule has 2 aromatic heterocycles. The van der Waals surface area contributed by atoms with Crippen molar-refractivity contribution in [1.29, 1.82) is 0 Å². The van der Waals surface area contributed by atoms with Gasteiger partial charge in [0, 0.05) is 16.6 Å². The zero-order valence-electron chi connectivity index (χ0n) is 15.9. The highest BCUT2D eigenvalue weighted by Gasteiger charge is 2.31. The number of nitrogens with zero attached hydrogens (tertiary/aromatic N) is 4. The molecule has 0 radical (unpaired) electrons. The van der Waals surface area contributed by atoms with Gasteiger partial charge >= 0.3 is 6.09 Å². The van der Waals surface area contributed by atoms with Gasteiger partial charge in [-0.2, -0.15) is 0 Å². The quantitative estimate of drug-likeness (QED) is 0.431. The zero-order valence-corrected chi connectivity index (χ0v) is 17.5. The van der Waals surface area contributed by atoms with E-state index in [1.807, 2.05) is 42.5 Å². The molecule has 3 heterocycles. The van der Waals surface area contributed by atoms with Crippen LogP contribution in [0.2, 0.25) is 0 Å². The number of aromatic amines is 1. The summed E-state index contributed by atoms with van der Waals surface area (Å²) in [5.74, 6) is 0.695. The minimum atomic E-state index is -0.899. The molecule has 0 spiro atoms. The van der Waals surface area contributed by atoms with E-state index >= 15 is 0 Å². The topological polar surface area (TPSA) is 95.0 Å². The molecule has 2 N–H and O–H groups in total. The molecule has 0 aliphatic carbocycles. The van der Waals surface area contributed by atoms with Gasteiger partial charge in [0.1, 0.15) is 5.82 Å². The van der Waals surface area contributed by atoms with Gasteiger partial charge in [0.25, 0.3) is 0 Å². The van der Waals surface area contributed by atoms with E-state index in [1.54, 1.807) is 12.4 Å². The van der Waals surface area contributed by atoms with Gasteiger partial charge in [0.05, 0.1) is 40.9 Å². The van der Waals surface area contributed by atoms with Gasteiger partial charge in [-0.25, -0.2) is 14.8 Å². The Morgan fingerprint density at radius 2 is 1.87 bits per heavy atom. The van der Waals surface area contributed by atoms with Crippen LogP contribution >= 0.6 is 15.9 Å². The van der Waals surface area contributed by atoms with E-state index < -0.39 is 6.09 Å². The second kappa shape index (κ2) is 7.53. The number of carbonyl (C=O) groups is 1. The summed E-state index contributed by atoms with van der Waals surface area (Å²) in [7, 11) is 0.